The van der Waals surface area contributed by atoms with Crippen molar-refractivity contribution in [1.29, 1.82) is 0 Å². The predicted octanol–water partition coefficient (Wildman–Crippen LogP) is 8.55. The molecule has 0 bridgehead atoms. The molecule has 2 heterocycles. The predicted molar refractivity (Wildman–Crippen MR) is 173 cm³/mol. The number of nitrogens with zero attached hydrogens (tertiary/aromatic N) is 2. The number of aryl methyl sites for hydroxylation is 1. The quantitative estimate of drug-likeness (QED) is 0.158. The van der Waals surface area contributed by atoms with E-state index >= 15 is 0 Å². The van der Waals surface area contributed by atoms with Crippen LogP contribution >= 0.6 is 0 Å². The first-order chi connectivity index (χ1) is 22.6. The van der Waals surface area contributed by atoms with E-state index in [1.807, 2.05) is 66.2 Å². The maximum absolute atomic E-state index is 14.6. The molecule has 2 aromatic heterocycles. The number of halogens is 3. The number of alkyl halides is 3. The molecule has 0 saturated carbocycles. The molecule has 0 saturated heterocycles. The summed E-state index contributed by atoms with van der Waals surface area (Å²) in [5.41, 5.74) is 3.15. The molecule has 0 spiro atoms. The third kappa shape index (κ3) is 5.50. The lowest BCUT2D eigenvalue weighted by Gasteiger charge is -2.27. The van der Waals surface area contributed by atoms with E-state index in [4.69, 9.17) is 4.74 Å². The molecule has 0 N–H and O–H groups in total. The van der Waals surface area contributed by atoms with Crippen LogP contribution in [-0.2, 0) is 31.2 Å². The summed E-state index contributed by atoms with van der Waals surface area (Å²) >= 11 is 0. The maximum Gasteiger partial charge on any atom is 0.416 e. The van der Waals surface area contributed by atoms with Gasteiger partial charge in [-0.25, -0.2) is 0 Å². The normalized spacial score (nSPS) is 16.1. The number of hydrogen-bond acceptors (Lipinski definition) is 4. The molecular formula is C39H29F3N2O3. The highest BCUT2D eigenvalue weighted by atomic mass is 19.4. The van der Waals surface area contributed by atoms with Crippen LogP contribution < -0.4 is 4.74 Å². The number of fused-ring (bicyclic) bond motifs is 2. The van der Waals surface area contributed by atoms with Crippen molar-refractivity contribution >= 4 is 22.5 Å². The third-order valence-corrected chi connectivity index (χ3v) is 8.93. The van der Waals surface area contributed by atoms with Gasteiger partial charge in [-0.2, -0.15) is 13.2 Å². The molecular weight excluding hydrogens is 601 g/mol. The van der Waals surface area contributed by atoms with Gasteiger partial charge in [0, 0.05) is 47.2 Å². The minimum atomic E-state index is -4.42. The summed E-state index contributed by atoms with van der Waals surface area (Å²) < 4.78 is 47.5. The fourth-order valence-corrected chi connectivity index (χ4v) is 6.50. The van der Waals surface area contributed by atoms with Crippen LogP contribution in [0.3, 0.4) is 0 Å². The number of Topliss-reactive ketones (excluding diaryl/α,β-unsaturated/α-hetero) is 2. The smallest absolute Gasteiger partial charge is 0.416 e. The lowest BCUT2D eigenvalue weighted by molar-refractivity contribution is -0.137. The van der Waals surface area contributed by atoms with E-state index in [1.54, 1.807) is 42.7 Å². The Morgan fingerprint density at radius 3 is 2.21 bits per heavy atom. The molecule has 4 aromatic carbocycles. The molecule has 0 fully saturated rings. The van der Waals surface area contributed by atoms with Gasteiger partial charge in [0.25, 0.3) is 0 Å². The zero-order valence-electron chi connectivity index (χ0n) is 25.4. The Morgan fingerprint density at radius 2 is 1.49 bits per heavy atom. The molecule has 1 aliphatic rings. The fourth-order valence-electron chi connectivity index (χ4n) is 6.50. The number of ether oxygens (including phenoxy) is 1. The number of carbonyl (C=O) groups excluding carboxylic acids is 2. The number of aromatic nitrogens is 2. The minimum Gasteiger partial charge on any atom is -0.489 e. The molecule has 1 atom stereocenters. The molecule has 47 heavy (non-hydrogen) atoms. The number of rotatable bonds is 8. The zero-order valence-corrected chi connectivity index (χ0v) is 25.4. The Hall–Kier alpha value is -5.50. The van der Waals surface area contributed by atoms with Gasteiger partial charge in [0.1, 0.15) is 17.8 Å². The first-order valence-electron chi connectivity index (χ1n) is 15.2. The van der Waals surface area contributed by atoms with Crippen LogP contribution in [0, 0.1) is 6.92 Å². The summed E-state index contributed by atoms with van der Waals surface area (Å²) in [4.78, 5) is 33.2. The summed E-state index contributed by atoms with van der Waals surface area (Å²) in [5, 5.41) is 0.923. The molecule has 7 rings (SSSR count). The summed E-state index contributed by atoms with van der Waals surface area (Å²) in [7, 11) is 0. The zero-order chi connectivity index (χ0) is 32.8. The van der Waals surface area contributed by atoms with E-state index in [0.29, 0.717) is 41.2 Å². The van der Waals surface area contributed by atoms with Crippen LogP contribution in [0.15, 0.2) is 122 Å². The van der Waals surface area contributed by atoms with Crippen molar-refractivity contribution in [2.75, 3.05) is 0 Å². The Labute approximate surface area is 269 Å². The summed E-state index contributed by atoms with van der Waals surface area (Å²) in [6, 6.07) is 29.0. The monoisotopic (exact) mass is 630 g/mol. The van der Waals surface area contributed by atoms with Crippen molar-refractivity contribution in [3.63, 3.8) is 0 Å². The van der Waals surface area contributed by atoms with E-state index < -0.39 is 17.2 Å². The third-order valence-electron chi connectivity index (χ3n) is 8.93. The molecule has 0 amide bonds. The molecule has 5 nitrogen and oxygen atoms in total. The summed E-state index contributed by atoms with van der Waals surface area (Å²) in [6.45, 7) is 2.58. The lowest BCUT2D eigenvalue weighted by atomic mass is 9.71. The van der Waals surface area contributed by atoms with Crippen molar-refractivity contribution in [2.24, 2.45) is 0 Å². The van der Waals surface area contributed by atoms with Gasteiger partial charge in [0.05, 0.1) is 5.56 Å². The Bertz CT molecular complexity index is 2120. The highest BCUT2D eigenvalue weighted by Crippen LogP contribution is 2.44. The average molecular weight is 631 g/mol. The number of pyridine rings is 1. The SMILES string of the molecule is Cc1cn(Cc2ccc(C(F)(F)F)cc2)c2cc(C3(Cc4ccncc4)C(=O)c4ccc(OCc5ccccc5)cc4C3=O)ccc12. The van der Waals surface area contributed by atoms with Crippen molar-refractivity contribution in [3.05, 3.63) is 166 Å². The summed E-state index contributed by atoms with van der Waals surface area (Å²) in [6.07, 6.45) is 0.923. The molecule has 8 heteroatoms. The number of ketones is 2. The van der Waals surface area contributed by atoms with Gasteiger partial charge in [0.2, 0.25) is 0 Å². The maximum atomic E-state index is 14.6. The highest BCUT2D eigenvalue weighted by molar-refractivity contribution is 6.33. The molecule has 1 unspecified atom stereocenters. The van der Waals surface area contributed by atoms with Crippen LogP contribution in [0.1, 0.15) is 54.1 Å². The van der Waals surface area contributed by atoms with Crippen molar-refractivity contribution in [1.82, 2.24) is 9.55 Å². The van der Waals surface area contributed by atoms with Crippen LogP contribution in [-0.4, -0.2) is 21.1 Å². The van der Waals surface area contributed by atoms with Crippen LogP contribution in [0.4, 0.5) is 13.2 Å². The van der Waals surface area contributed by atoms with Crippen molar-refractivity contribution in [2.45, 2.75) is 38.1 Å². The molecule has 6 aromatic rings. The van der Waals surface area contributed by atoms with Crippen LogP contribution in [0.25, 0.3) is 10.9 Å². The van der Waals surface area contributed by atoms with E-state index in [-0.39, 0.29) is 18.0 Å². The fraction of sp³-hybridized carbons (Fsp3) is 0.154. The highest BCUT2D eigenvalue weighted by Gasteiger charge is 2.54. The van der Waals surface area contributed by atoms with E-state index in [1.165, 1.54) is 12.1 Å². The Kier molecular flexibility index (Phi) is 7.51. The second-order valence-corrected chi connectivity index (χ2v) is 11.9. The number of benzene rings is 4. The summed E-state index contributed by atoms with van der Waals surface area (Å²) in [5.74, 6) is -0.109. The van der Waals surface area contributed by atoms with Crippen molar-refractivity contribution < 1.29 is 27.5 Å². The average Bonchev–Trinajstić information content (AvgIpc) is 3.50. The first-order valence-corrected chi connectivity index (χ1v) is 15.2. The van der Waals surface area contributed by atoms with Crippen molar-refractivity contribution in [3.8, 4) is 5.75 Å². The van der Waals surface area contributed by atoms with E-state index in [9.17, 15) is 22.8 Å². The van der Waals surface area contributed by atoms with Gasteiger partial charge in [-0.3, -0.25) is 14.6 Å². The largest absolute Gasteiger partial charge is 0.489 e. The van der Waals surface area contributed by atoms with Gasteiger partial charge in [-0.1, -0.05) is 54.6 Å². The van der Waals surface area contributed by atoms with Gasteiger partial charge >= 0.3 is 6.18 Å². The molecule has 234 valence electrons. The standard InChI is InChI=1S/C39H29F3N2O3/c1-25-22-44(23-27-7-9-29(10-8-27)39(40,41)42)35-19-30(11-13-32(25)35)38(21-26-15-17-43-18-16-26)36(45)33-14-12-31(20-34(33)37(38)46)47-24-28-5-3-2-4-6-28/h2-20,22H,21,23-24H2,1H3. The lowest BCUT2D eigenvalue weighted by Crippen LogP contribution is -2.40. The van der Waals surface area contributed by atoms with Gasteiger partial charge in [-0.05, 0) is 89.7 Å². The van der Waals surface area contributed by atoms with Gasteiger partial charge in [-0.15, -0.1) is 0 Å². The molecule has 0 radical (unpaired) electrons. The van der Waals surface area contributed by atoms with Crippen LogP contribution in [0.2, 0.25) is 0 Å². The van der Waals surface area contributed by atoms with Gasteiger partial charge in [0.15, 0.2) is 11.6 Å². The Morgan fingerprint density at radius 1 is 0.766 bits per heavy atom. The second-order valence-electron chi connectivity index (χ2n) is 11.9. The molecule has 0 aliphatic heterocycles. The van der Waals surface area contributed by atoms with Crippen LogP contribution in [0.5, 0.6) is 5.75 Å². The van der Waals surface area contributed by atoms with E-state index in [2.05, 4.69) is 4.98 Å². The van der Waals surface area contributed by atoms with Gasteiger partial charge < -0.3 is 9.30 Å². The number of hydrogen-bond donors (Lipinski definition) is 0. The number of carbonyl (C=O) groups is 2. The molecule has 1 aliphatic carbocycles. The first kappa shape index (κ1) is 30.2. The second kappa shape index (κ2) is 11.7. The Balaban J connectivity index is 1.29. The minimum absolute atomic E-state index is 0.131. The topological polar surface area (TPSA) is 61.2 Å². The van der Waals surface area contributed by atoms with E-state index in [0.717, 1.165) is 39.7 Å².